The highest BCUT2D eigenvalue weighted by Gasteiger charge is 2.38. The summed E-state index contributed by atoms with van der Waals surface area (Å²) < 4.78 is 68.2. The summed E-state index contributed by atoms with van der Waals surface area (Å²) in [6, 6.07) is 15.2. The Balaban J connectivity index is 0.000000990. The van der Waals surface area contributed by atoms with E-state index in [0.29, 0.717) is 30.5 Å². The van der Waals surface area contributed by atoms with Gasteiger partial charge in [0, 0.05) is 36.3 Å². The fraction of sp³-hybridized carbons (Fsp3) is 0.320. The lowest BCUT2D eigenvalue weighted by molar-refractivity contribution is -0.193. The number of carboxylic acid groups (broad SMARTS) is 2. The maximum atomic E-state index is 11.4. The second-order valence-corrected chi connectivity index (χ2v) is 8.10. The molecule has 42 heavy (non-hydrogen) atoms. The summed E-state index contributed by atoms with van der Waals surface area (Å²) in [6.07, 6.45) is -8.35. The summed E-state index contributed by atoms with van der Waals surface area (Å²) in [5, 5.41) is 29.4. The normalized spacial score (nSPS) is 10.6. The zero-order chi connectivity index (χ0) is 32.7. The van der Waals surface area contributed by atoms with Crippen LogP contribution in [0.4, 0.5) is 32.0 Å². The number of esters is 1. The lowest BCUT2D eigenvalue weighted by Gasteiger charge is -2.25. The summed E-state index contributed by atoms with van der Waals surface area (Å²) in [4.78, 5) is 31.4. The predicted octanol–water partition coefficient (Wildman–Crippen LogP) is 3.52. The number of carboxylic acids is 2. The number of alkyl halides is 6. The first-order valence-corrected chi connectivity index (χ1v) is 11.6. The predicted molar refractivity (Wildman–Crippen MR) is 139 cm³/mol. The lowest BCUT2D eigenvalue weighted by Crippen LogP contribution is -2.28. The Labute approximate surface area is 235 Å². The number of nitrogens with zero attached hydrogens (tertiary/aromatic N) is 1. The van der Waals surface area contributed by atoms with Crippen molar-refractivity contribution < 1.29 is 55.7 Å². The largest absolute Gasteiger partial charge is 0.490 e. The smallest absolute Gasteiger partial charge is 0.475 e. The number of halogens is 6. The first-order valence-electron chi connectivity index (χ1n) is 11.6. The molecule has 0 aliphatic heterocycles. The molecule has 0 aliphatic rings. The van der Waals surface area contributed by atoms with Gasteiger partial charge in [0.15, 0.2) is 0 Å². The van der Waals surface area contributed by atoms with Crippen LogP contribution in [0.3, 0.4) is 0 Å². The Morgan fingerprint density at radius 2 is 1.31 bits per heavy atom. The molecule has 2 aromatic rings. The van der Waals surface area contributed by atoms with E-state index in [4.69, 9.17) is 46.8 Å². The SMILES string of the molecule is COC(=O)CCCN(CCc1ccc(C(=N)N)cc1)c1cccc(C(=N)N)c1.O=C(O)C(F)(F)F.O=C(O)C(F)(F)F. The van der Waals surface area contributed by atoms with Crippen LogP contribution >= 0.6 is 0 Å². The van der Waals surface area contributed by atoms with Gasteiger partial charge in [-0.3, -0.25) is 15.6 Å². The zero-order valence-corrected chi connectivity index (χ0v) is 22.1. The molecule has 0 spiro atoms. The second kappa shape index (κ2) is 17.1. The van der Waals surface area contributed by atoms with E-state index >= 15 is 0 Å². The van der Waals surface area contributed by atoms with Crippen LogP contribution < -0.4 is 16.4 Å². The standard InChI is InChI=1S/C21H27N5O2.2C2HF3O2/c1-28-19(27)6-3-12-26(18-5-2-4-17(14-18)21(24)25)13-11-15-7-9-16(10-8-15)20(22)23;2*3-2(4,5)1(6)7/h2,4-5,7-10,14H,3,6,11-13H2,1H3,(H3,22,23)(H3,24,25);2*(H,6,7). The van der Waals surface area contributed by atoms with Gasteiger partial charge in [-0.25, -0.2) is 9.59 Å². The quantitative estimate of drug-likeness (QED) is 0.101. The number of nitrogen functional groups attached to an aromatic ring is 2. The third-order valence-electron chi connectivity index (χ3n) is 4.98. The Morgan fingerprint density at radius 3 is 1.71 bits per heavy atom. The molecule has 0 radical (unpaired) electrons. The van der Waals surface area contributed by atoms with Gasteiger partial charge in [-0.2, -0.15) is 26.3 Å². The van der Waals surface area contributed by atoms with Gasteiger partial charge in [0.05, 0.1) is 7.11 Å². The molecule has 2 rings (SSSR count). The summed E-state index contributed by atoms with van der Waals surface area (Å²) in [5.74, 6) is -5.66. The highest BCUT2D eigenvalue weighted by Crippen LogP contribution is 2.18. The summed E-state index contributed by atoms with van der Waals surface area (Å²) >= 11 is 0. The minimum absolute atomic E-state index is 0.0242. The van der Waals surface area contributed by atoms with Crippen molar-refractivity contribution in [1.82, 2.24) is 0 Å². The van der Waals surface area contributed by atoms with Crippen LogP contribution in [0, 0.1) is 10.8 Å². The van der Waals surface area contributed by atoms with Crippen LogP contribution in [0.25, 0.3) is 0 Å². The third kappa shape index (κ3) is 15.1. The minimum atomic E-state index is -5.08. The van der Waals surface area contributed by atoms with Gasteiger partial charge in [-0.15, -0.1) is 0 Å². The van der Waals surface area contributed by atoms with Gasteiger partial charge < -0.3 is 31.3 Å². The molecular formula is C25H29F6N5O6. The van der Waals surface area contributed by atoms with Crippen molar-refractivity contribution in [3.8, 4) is 0 Å². The van der Waals surface area contributed by atoms with Crippen LogP contribution in [0.1, 0.15) is 29.5 Å². The van der Waals surface area contributed by atoms with Crippen molar-refractivity contribution in [2.24, 2.45) is 11.5 Å². The van der Waals surface area contributed by atoms with Crippen LogP contribution in [-0.4, -0.2) is 72.3 Å². The van der Waals surface area contributed by atoms with Gasteiger partial charge in [-0.05, 0) is 30.5 Å². The van der Waals surface area contributed by atoms with E-state index in [0.717, 1.165) is 24.2 Å². The van der Waals surface area contributed by atoms with Gasteiger partial charge in [0.1, 0.15) is 11.7 Å². The zero-order valence-electron chi connectivity index (χ0n) is 22.1. The number of hydrogen-bond acceptors (Lipinski definition) is 7. The van der Waals surface area contributed by atoms with Gasteiger partial charge in [0.2, 0.25) is 0 Å². The number of methoxy groups -OCH3 is 1. The Hall–Kier alpha value is -4.83. The Kier molecular flexibility index (Phi) is 15.1. The summed E-state index contributed by atoms with van der Waals surface area (Å²) in [7, 11) is 1.39. The van der Waals surface area contributed by atoms with E-state index in [1.165, 1.54) is 7.11 Å². The van der Waals surface area contributed by atoms with E-state index in [1.807, 2.05) is 42.5 Å². The maximum absolute atomic E-state index is 11.4. The molecule has 0 heterocycles. The van der Waals surface area contributed by atoms with Crippen molar-refractivity contribution in [2.75, 3.05) is 25.1 Å². The second-order valence-electron chi connectivity index (χ2n) is 8.10. The number of anilines is 1. The molecule has 0 saturated carbocycles. The summed E-state index contributed by atoms with van der Waals surface area (Å²) in [6.45, 7) is 1.42. The average molecular weight is 610 g/mol. The molecule has 0 aromatic heterocycles. The molecule has 0 aliphatic carbocycles. The Bertz CT molecular complexity index is 1200. The number of carbonyl (C=O) groups excluding carboxylic acids is 1. The van der Waals surface area contributed by atoms with Crippen LogP contribution in [0.15, 0.2) is 48.5 Å². The van der Waals surface area contributed by atoms with Gasteiger partial charge in [-0.1, -0.05) is 36.4 Å². The van der Waals surface area contributed by atoms with Crippen LogP contribution in [0.2, 0.25) is 0 Å². The number of carbonyl (C=O) groups is 3. The first-order chi connectivity index (χ1) is 19.3. The molecule has 0 unspecified atom stereocenters. The van der Waals surface area contributed by atoms with Crippen LogP contribution in [-0.2, 0) is 25.5 Å². The minimum Gasteiger partial charge on any atom is -0.475 e. The Morgan fingerprint density at radius 1 is 0.833 bits per heavy atom. The molecule has 0 atom stereocenters. The molecule has 2 aromatic carbocycles. The van der Waals surface area contributed by atoms with E-state index in [2.05, 4.69) is 4.90 Å². The van der Waals surface area contributed by atoms with Crippen molar-refractivity contribution >= 4 is 35.3 Å². The van der Waals surface area contributed by atoms with Crippen LogP contribution in [0.5, 0.6) is 0 Å². The van der Waals surface area contributed by atoms with Crippen molar-refractivity contribution in [2.45, 2.75) is 31.6 Å². The molecule has 232 valence electrons. The van der Waals surface area contributed by atoms with E-state index in [9.17, 15) is 31.1 Å². The topological polar surface area (TPSA) is 204 Å². The average Bonchev–Trinajstić information content (AvgIpc) is 2.90. The number of nitrogens with two attached hydrogens (primary N) is 2. The monoisotopic (exact) mass is 609 g/mol. The number of benzene rings is 2. The van der Waals surface area contributed by atoms with Crippen molar-refractivity contribution in [3.05, 3.63) is 65.2 Å². The number of ether oxygens (including phenoxy) is 1. The molecule has 0 bridgehead atoms. The number of aliphatic carboxylic acids is 2. The van der Waals surface area contributed by atoms with E-state index < -0.39 is 24.3 Å². The first kappa shape index (κ1) is 37.2. The highest BCUT2D eigenvalue weighted by atomic mass is 19.4. The number of rotatable bonds is 10. The fourth-order valence-electron chi connectivity index (χ4n) is 2.87. The number of amidine groups is 2. The highest BCUT2D eigenvalue weighted by molar-refractivity contribution is 5.96. The number of hydrogen-bond donors (Lipinski definition) is 6. The van der Waals surface area contributed by atoms with Gasteiger partial charge in [0.25, 0.3) is 0 Å². The maximum Gasteiger partial charge on any atom is 0.490 e. The molecule has 0 fully saturated rings. The number of nitrogens with one attached hydrogen (secondary N) is 2. The summed E-state index contributed by atoms with van der Waals surface area (Å²) in [5.41, 5.74) is 14.6. The molecule has 17 heteroatoms. The molecule has 11 nitrogen and oxygen atoms in total. The van der Waals surface area contributed by atoms with E-state index in [1.54, 1.807) is 6.07 Å². The van der Waals surface area contributed by atoms with Crippen molar-refractivity contribution in [3.63, 3.8) is 0 Å². The van der Waals surface area contributed by atoms with Crippen molar-refractivity contribution in [1.29, 1.82) is 10.8 Å². The molecule has 8 N–H and O–H groups in total. The third-order valence-corrected chi connectivity index (χ3v) is 4.98. The fourth-order valence-corrected chi connectivity index (χ4v) is 2.87. The van der Waals surface area contributed by atoms with E-state index in [-0.39, 0.29) is 17.6 Å². The lowest BCUT2D eigenvalue weighted by atomic mass is 10.1. The molecule has 0 amide bonds. The molecule has 0 saturated heterocycles. The van der Waals surface area contributed by atoms with Gasteiger partial charge >= 0.3 is 30.3 Å². The molecular weight excluding hydrogens is 580 g/mol.